The average molecular weight is 323 g/mol. The van der Waals surface area contributed by atoms with Crippen molar-refractivity contribution in [3.63, 3.8) is 0 Å². The van der Waals surface area contributed by atoms with Gasteiger partial charge in [0.25, 0.3) is 0 Å². The van der Waals surface area contributed by atoms with E-state index in [-0.39, 0.29) is 12.4 Å². The number of alkyl halides is 3. The Morgan fingerprint density at radius 2 is 1.86 bits per heavy atom. The molecule has 1 heterocycles. The number of nitrogens with one attached hydrogen (secondary N) is 1. The average Bonchev–Trinajstić information content (AvgIpc) is 2.41. The summed E-state index contributed by atoms with van der Waals surface area (Å²) in [5, 5.41) is 3.27. The molecule has 0 saturated carbocycles. The minimum absolute atomic E-state index is 0. The van der Waals surface area contributed by atoms with Crippen LogP contribution in [0.15, 0.2) is 18.2 Å². The van der Waals surface area contributed by atoms with Crippen LogP contribution in [0, 0.1) is 6.92 Å². The lowest BCUT2D eigenvalue weighted by Crippen LogP contribution is -2.40. The molecular weight excluding hydrogens is 301 g/mol. The lowest BCUT2D eigenvalue weighted by molar-refractivity contribution is -0.137. The van der Waals surface area contributed by atoms with Crippen LogP contribution in [0.2, 0.25) is 0 Å². The normalized spacial score (nSPS) is 17.6. The van der Waals surface area contributed by atoms with E-state index in [0.717, 1.165) is 43.6 Å². The quantitative estimate of drug-likeness (QED) is 0.914. The zero-order valence-corrected chi connectivity index (χ0v) is 13.2. The second-order valence-corrected chi connectivity index (χ2v) is 5.48. The van der Waals surface area contributed by atoms with Gasteiger partial charge in [-0.1, -0.05) is 6.07 Å². The number of aryl methyl sites for hydroxylation is 1. The van der Waals surface area contributed by atoms with E-state index >= 15 is 0 Å². The van der Waals surface area contributed by atoms with Gasteiger partial charge in [-0.25, -0.2) is 0 Å². The Bertz CT molecular complexity index is 455. The van der Waals surface area contributed by atoms with E-state index in [1.54, 1.807) is 13.0 Å². The SMILES string of the molecule is CNC1CCN(Cc2ccc(C(F)(F)F)cc2C)CC1.Cl. The molecule has 1 saturated heterocycles. The fraction of sp³-hybridized carbons (Fsp3) is 0.600. The van der Waals surface area contributed by atoms with Gasteiger partial charge in [0, 0.05) is 12.6 Å². The third kappa shape index (κ3) is 4.87. The Balaban J connectivity index is 0.00000220. The number of benzene rings is 1. The van der Waals surface area contributed by atoms with Gasteiger partial charge in [-0.2, -0.15) is 13.2 Å². The topological polar surface area (TPSA) is 15.3 Å². The summed E-state index contributed by atoms with van der Waals surface area (Å²) < 4.78 is 37.9. The van der Waals surface area contributed by atoms with Crippen LogP contribution in [-0.4, -0.2) is 31.1 Å². The van der Waals surface area contributed by atoms with Crippen molar-refractivity contribution in [2.45, 2.75) is 38.5 Å². The maximum atomic E-state index is 12.6. The maximum Gasteiger partial charge on any atom is 0.416 e. The molecule has 6 heteroatoms. The molecule has 2 nitrogen and oxygen atoms in total. The Labute approximate surface area is 130 Å². The number of piperidine rings is 1. The van der Waals surface area contributed by atoms with Gasteiger partial charge < -0.3 is 5.32 Å². The Kier molecular flexibility index (Phi) is 6.50. The number of hydrogen-bond acceptors (Lipinski definition) is 2. The van der Waals surface area contributed by atoms with Crippen LogP contribution in [0.5, 0.6) is 0 Å². The highest BCUT2D eigenvalue weighted by Gasteiger charge is 2.30. The van der Waals surface area contributed by atoms with E-state index < -0.39 is 11.7 Å². The zero-order valence-electron chi connectivity index (χ0n) is 12.3. The van der Waals surface area contributed by atoms with Crippen LogP contribution in [0.3, 0.4) is 0 Å². The van der Waals surface area contributed by atoms with E-state index in [9.17, 15) is 13.2 Å². The van der Waals surface area contributed by atoms with Crippen LogP contribution >= 0.6 is 12.4 Å². The molecule has 1 fully saturated rings. The summed E-state index contributed by atoms with van der Waals surface area (Å²) >= 11 is 0. The summed E-state index contributed by atoms with van der Waals surface area (Å²) in [4.78, 5) is 2.31. The molecular formula is C15H22ClF3N2. The van der Waals surface area contributed by atoms with Crippen molar-refractivity contribution in [1.29, 1.82) is 0 Å². The van der Waals surface area contributed by atoms with Crippen LogP contribution in [0.4, 0.5) is 13.2 Å². The van der Waals surface area contributed by atoms with E-state index in [2.05, 4.69) is 10.2 Å². The van der Waals surface area contributed by atoms with Crippen molar-refractivity contribution >= 4 is 12.4 Å². The first-order valence-electron chi connectivity index (χ1n) is 6.96. The van der Waals surface area contributed by atoms with Gasteiger partial charge in [-0.15, -0.1) is 12.4 Å². The van der Waals surface area contributed by atoms with Crippen molar-refractivity contribution in [3.05, 3.63) is 34.9 Å². The van der Waals surface area contributed by atoms with Crippen LogP contribution in [-0.2, 0) is 12.7 Å². The summed E-state index contributed by atoms with van der Waals surface area (Å²) in [5.41, 5.74) is 1.14. The fourth-order valence-corrected chi connectivity index (χ4v) is 2.67. The second kappa shape index (κ2) is 7.47. The zero-order chi connectivity index (χ0) is 14.8. The van der Waals surface area contributed by atoms with Crippen molar-refractivity contribution in [1.82, 2.24) is 10.2 Å². The van der Waals surface area contributed by atoms with Crippen molar-refractivity contribution in [3.8, 4) is 0 Å². The van der Waals surface area contributed by atoms with Gasteiger partial charge in [0.1, 0.15) is 0 Å². The summed E-state index contributed by atoms with van der Waals surface area (Å²) in [7, 11) is 1.97. The molecule has 0 aliphatic carbocycles. The number of nitrogens with zero attached hydrogens (tertiary/aromatic N) is 1. The summed E-state index contributed by atoms with van der Waals surface area (Å²) in [5.74, 6) is 0. The smallest absolute Gasteiger partial charge is 0.317 e. The van der Waals surface area contributed by atoms with Crippen LogP contribution in [0.1, 0.15) is 29.5 Å². The number of rotatable bonds is 3. The van der Waals surface area contributed by atoms with E-state index in [0.29, 0.717) is 6.04 Å². The van der Waals surface area contributed by atoms with Gasteiger partial charge in [0.2, 0.25) is 0 Å². The van der Waals surface area contributed by atoms with E-state index in [4.69, 9.17) is 0 Å². The summed E-state index contributed by atoms with van der Waals surface area (Å²) in [6.45, 7) is 4.48. The fourth-order valence-electron chi connectivity index (χ4n) is 2.67. The summed E-state index contributed by atoms with van der Waals surface area (Å²) in [6.07, 6.45) is -2.07. The Morgan fingerprint density at radius 3 is 2.33 bits per heavy atom. The lowest BCUT2D eigenvalue weighted by Gasteiger charge is -2.32. The van der Waals surface area contributed by atoms with Crippen LogP contribution < -0.4 is 5.32 Å². The molecule has 0 aromatic heterocycles. The third-order valence-electron chi connectivity index (χ3n) is 4.06. The molecule has 21 heavy (non-hydrogen) atoms. The Morgan fingerprint density at radius 1 is 1.24 bits per heavy atom. The number of likely N-dealkylation sites (tertiary alicyclic amines) is 1. The first kappa shape index (κ1) is 18.3. The number of hydrogen-bond donors (Lipinski definition) is 1. The van der Waals surface area contributed by atoms with Gasteiger partial charge in [-0.05, 0) is 63.2 Å². The van der Waals surface area contributed by atoms with Gasteiger partial charge >= 0.3 is 6.18 Å². The largest absolute Gasteiger partial charge is 0.416 e. The van der Waals surface area contributed by atoms with Gasteiger partial charge in [-0.3, -0.25) is 4.90 Å². The summed E-state index contributed by atoms with van der Waals surface area (Å²) in [6, 6.07) is 4.61. The molecule has 0 spiro atoms. The van der Waals surface area contributed by atoms with Crippen molar-refractivity contribution < 1.29 is 13.2 Å². The highest BCUT2D eigenvalue weighted by Crippen LogP contribution is 2.30. The molecule has 0 amide bonds. The van der Waals surface area contributed by atoms with E-state index in [1.807, 2.05) is 7.05 Å². The van der Waals surface area contributed by atoms with Gasteiger partial charge in [0.15, 0.2) is 0 Å². The molecule has 1 aromatic carbocycles. The Hall–Kier alpha value is -0.780. The third-order valence-corrected chi connectivity index (χ3v) is 4.06. The predicted octanol–water partition coefficient (Wildman–Crippen LogP) is 3.62. The minimum Gasteiger partial charge on any atom is -0.317 e. The maximum absolute atomic E-state index is 12.6. The molecule has 120 valence electrons. The molecule has 2 rings (SSSR count). The molecule has 0 radical (unpaired) electrons. The van der Waals surface area contributed by atoms with Crippen LogP contribution in [0.25, 0.3) is 0 Å². The molecule has 0 atom stereocenters. The van der Waals surface area contributed by atoms with Gasteiger partial charge in [0.05, 0.1) is 5.56 Å². The highest BCUT2D eigenvalue weighted by atomic mass is 35.5. The first-order valence-corrected chi connectivity index (χ1v) is 6.96. The molecule has 0 bridgehead atoms. The molecule has 1 aliphatic heterocycles. The lowest BCUT2D eigenvalue weighted by atomic mass is 10.0. The highest BCUT2D eigenvalue weighted by molar-refractivity contribution is 5.85. The standard InChI is InChI=1S/C15H21F3N2.ClH/c1-11-9-13(15(16,17)18)4-3-12(11)10-20-7-5-14(19-2)6-8-20;/h3-4,9,14,19H,5-8,10H2,1-2H3;1H. The molecule has 1 aliphatic rings. The minimum atomic E-state index is -4.26. The van der Waals surface area contributed by atoms with Crippen molar-refractivity contribution in [2.75, 3.05) is 20.1 Å². The molecule has 1 aromatic rings. The van der Waals surface area contributed by atoms with Crippen molar-refractivity contribution in [2.24, 2.45) is 0 Å². The monoisotopic (exact) mass is 322 g/mol. The van der Waals surface area contributed by atoms with E-state index in [1.165, 1.54) is 12.1 Å². The predicted molar refractivity (Wildman–Crippen MR) is 80.8 cm³/mol. The first-order chi connectivity index (χ1) is 9.40. The molecule has 0 unspecified atom stereocenters. The molecule has 1 N–H and O–H groups in total. The second-order valence-electron chi connectivity index (χ2n) is 5.48. The number of halogens is 4.